The molecule has 8 nitrogen and oxygen atoms in total. The number of benzene rings is 1. The van der Waals surface area contributed by atoms with Crippen molar-refractivity contribution in [3.63, 3.8) is 0 Å². The van der Waals surface area contributed by atoms with Crippen molar-refractivity contribution >= 4 is 11.8 Å². The molecule has 1 unspecified atom stereocenters. The number of alkyl halides is 3. The summed E-state index contributed by atoms with van der Waals surface area (Å²) in [6.45, 7) is 6.00. The third kappa shape index (κ3) is 6.65. The van der Waals surface area contributed by atoms with E-state index >= 15 is 0 Å². The van der Waals surface area contributed by atoms with Crippen molar-refractivity contribution in [1.29, 1.82) is 0 Å². The lowest BCUT2D eigenvalue weighted by Crippen LogP contribution is -2.35. The first-order valence-corrected chi connectivity index (χ1v) is 14.1. The van der Waals surface area contributed by atoms with E-state index in [-0.39, 0.29) is 24.1 Å². The summed E-state index contributed by atoms with van der Waals surface area (Å²) < 4.78 is 49.8. The van der Waals surface area contributed by atoms with Crippen LogP contribution in [-0.2, 0) is 24.5 Å². The van der Waals surface area contributed by atoms with E-state index < -0.39 is 23.4 Å². The minimum atomic E-state index is -4.56. The van der Waals surface area contributed by atoms with Gasteiger partial charge in [0.1, 0.15) is 17.8 Å². The number of hydrogen-bond acceptors (Lipinski definition) is 6. The number of nitrogens with zero attached hydrogens (tertiary/aromatic N) is 5. The molecule has 1 aliphatic carbocycles. The summed E-state index contributed by atoms with van der Waals surface area (Å²) in [5.74, 6) is 1.19. The van der Waals surface area contributed by atoms with E-state index in [0.717, 1.165) is 29.9 Å². The molecule has 1 saturated carbocycles. The lowest BCUT2D eigenvalue weighted by Gasteiger charge is -2.33. The van der Waals surface area contributed by atoms with Crippen molar-refractivity contribution in [2.24, 2.45) is 13.0 Å². The number of hydrogen-bond donors (Lipinski definition) is 1. The fourth-order valence-electron chi connectivity index (χ4n) is 5.65. The Kier molecular flexibility index (Phi) is 7.98. The molecule has 1 aromatic carbocycles. The lowest BCUT2D eigenvalue weighted by atomic mass is 9.72. The fourth-order valence-corrected chi connectivity index (χ4v) is 5.65. The van der Waals surface area contributed by atoms with Gasteiger partial charge in [-0.1, -0.05) is 18.6 Å². The molecular formula is C30H37F3N6O2. The van der Waals surface area contributed by atoms with Gasteiger partial charge in [-0.2, -0.15) is 13.2 Å². The zero-order valence-corrected chi connectivity index (χ0v) is 23.9. The summed E-state index contributed by atoms with van der Waals surface area (Å²) in [6, 6.07) is 8.98. The molecule has 3 heterocycles. The molecule has 2 fully saturated rings. The van der Waals surface area contributed by atoms with E-state index in [1.165, 1.54) is 18.7 Å². The number of rotatable bonds is 7. The van der Waals surface area contributed by atoms with Crippen molar-refractivity contribution in [1.82, 2.24) is 24.6 Å². The SMILES string of the molecule is Cn1cnnc1[C@@H](c1cccc(NCc2ncc(C3CCN(C(=O)OC(C)(C)C)C3)cc2C(F)(F)F)c1)C1CCC1. The van der Waals surface area contributed by atoms with Gasteiger partial charge in [-0.3, -0.25) is 4.98 Å². The highest BCUT2D eigenvalue weighted by Gasteiger charge is 2.37. The van der Waals surface area contributed by atoms with Crippen molar-refractivity contribution in [3.05, 3.63) is 71.1 Å². The van der Waals surface area contributed by atoms with Crippen LogP contribution in [0.5, 0.6) is 0 Å². The fraction of sp³-hybridized carbons (Fsp3) is 0.533. The third-order valence-electron chi connectivity index (χ3n) is 7.96. The van der Waals surface area contributed by atoms with Gasteiger partial charge >= 0.3 is 12.3 Å². The summed E-state index contributed by atoms with van der Waals surface area (Å²) in [7, 11) is 1.93. The highest BCUT2D eigenvalue weighted by Crippen LogP contribution is 2.43. The molecule has 3 aromatic rings. The lowest BCUT2D eigenvalue weighted by molar-refractivity contribution is -0.138. The van der Waals surface area contributed by atoms with E-state index in [0.29, 0.717) is 31.0 Å². The first-order valence-electron chi connectivity index (χ1n) is 14.1. The molecule has 1 N–H and O–H groups in total. The van der Waals surface area contributed by atoms with Gasteiger partial charge in [0.25, 0.3) is 0 Å². The van der Waals surface area contributed by atoms with Crippen LogP contribution in [0.1, 0.15) is 86.5 Å². The normalized spacial score (nSPS) is 18.7. The average Bonchev–Trinajstić information content (AvgIpc) is 3.53. The van der Waals surface area contributed by atoms with Crippen LogP contribution in [0, 0.1) is 5.92 Å². The van der Waals surface area contributed by atoms with Gasteiger partial charge in [0.15, 0.2) is 0 Å². The molecule has 220 valence electrons. The molecular weight excluding hydrogens is 533 g/mol. The number of aromatic nitrogens is 4. The number of amides is 1. The highest BCUT2D eigenvalue weighted by molar-refractivity contribution is 5.68. The smallest absolute Gasteiger partial charge is 0.418 e. The molecule has 1 aliphatic heterocycles. The molecule has 2 aliphatic rings. The van der Waals surface area contributed by atoms with Gasteiger partial charge < -0.3 is 19.5 Å². The van der Waals surface area contributed by atoms with E-state index in [4.69, 9.17) is 4.74 Å². The van der Waals surface area contributed by atoms with Crippen LogP contribution < -0.4 is 5.32 Å². The molecule has 11 heteroatoms. The summed E-state index contributed by atoms with van der Waals surface area (Å²) in [4.78, 5) is 18.2. The predicted molar refractivity (Wildman–Crippen MR) is 148 cm³/mol. The van der Waals surface area contributed by atoms with Crippen molar-refractivity contribution in [2.45, 2.75) is 76.6 Å². The van der Waals surface area contributed by atoms with Gasteiger partial charge in [-0.05, 0) is 75.3 Å². The number of anilines is 1. The third-order valence-corrected chi connectivity index (χ3v) is 7.96. The molecule has 0 radical (unpaired) electrons. The highest BCUT2D eigenvalue weighted by atomic mass is 19.4. The van der Waals surface area contributed by atoms with Crippen LogP contribution in [0.15, 0.2) is 42.9 Å². The van der Waals surface area contributed by atoms with Gasteiger partial charge in [-0.15, -0.1) is 10.2 Å². The van der Waals surface area contributed by atoms with E-state index in [9.17, 15) is 18.0 Å². The van der Waals surface area contributed by atoms with Crippen molar-refractivity contribution in [2.75, 3.05) is 18.4 Å². The van der Waals surface area contributed by atoms with Crippen LogP contribution in [0.4, 0.5) is 23.7 Å². The summed E-state index contributed by atoms with van der Waals surface area (Å²) in [5, 5.41) is 11.6. The summed E-state index contributed by atoms with van der Waals surface area (Å²) in [5.41, 5.74) is 0.782. The maximum Gasteiger partial charge on any atom is 0.418 e. The maximum absolute atomic E-state index is 14.2. The zero-order valence-electron chi connectivity index (χ0n) is 23.9. The summed E-state index contributed by atoms with van der Waals surface area (Å²) >= 11 is 0. The van der Waals surface area contributed by atoms with Crippen molar-refractivity contribution in [3.8, 4) is 0 Å². The Hall–Kier alpha value is -3.63. The van der Waals surface area contributed by atoms with Gasteiger partial charge in [0, 0.05) is 43.9 Å². The molecule has 0 spiro atoms. The topological polar surface area (TPSA) is 85.2 Å². The standard InChI is InChI=1S/C30H37F3N6O2/c1-29(2,3)41-28(40)39-12-11-21(17-39)22-14-24(30(31,32)33)25(35-15-22)16-34-23-10-6-9-20(13-23)26(19-7-5-8-19)27-37-36-18-38(27)4/h6,9-10,13-15,18-19,21,26,34H,5,7-8,11-12,16-17H2,1-4H3/t21?,26-/m1/s1. The van der Waals surface area contributed by atoms with Crippen LogP contribution in [0.25, 0.3) is 0 Å². The molecule has 5 rings (SSSR count). The number of nitrogens with one attached hydrogen (secondary N) is 1. The molecule has 2 aromatic heterocycles. The number of likely N-dealkylation sites (tertiary alicyclic amines) is 1. The van der Waals surface area contributed by atoms with Gasteiger partial charge in [0.2, 0.25) is 0 Å². The zero-order chi connectivity index (χ0) is 29.4. The molecule has 41 heavy (non-hydrogen) atoms. The largest absolute Gasteiger partial charge is 0.444 e. The van der Waals surface area contributed by atoms with E-state index in [2.05, 4.69) is 20.5 Å². The van der Waals surface area contributed by atoms with Crippen LogP contribution in [0.2, 0.25) is 0 Å². The van der Waals surface area contributed by atoms with Crippen LogP contribution >= 0.6 is 0 Å². The number of carbonyl (C=O) groups excluding carboxylic acids is 1. The number of carbonyl (C=O) groups is 1. The second-order valence-electron chi connectivity index (χ2n) is 12.1. The first-order chi connectivity index (χ1) is 19.4. The maximum atomic E-state index is 14.2. The molecule has 0 bridgehead atoms. The Morgan fingerprint density at radius 3 is 2.59 bits per heavy atom. The molecule has 1 saturated heterocycles. The Labute approximate surface area is 238 Å². The van der Waals surface area contributed by atoms with Gasteiger partial charge in [-0.25, -0.2) is 4.79 Å². The molecule has 1 amide bonds. The second kappa shape index (κ2) is 11.3. The van der Waals surface area contributed by atoms with Crippen molar-refractivity contribution < 1.29 is 22.7 Å². The minimum Gasteiger partial charge on any atom is -0.444 e. The monoisotopic (exact) mass is 570 g/mol. The summed E-state index contributed by atoms with van der Waals surface area (Å²) in [6.07, 6.45) is 2.13. The Morgan fingerprint density at radius 2 is 1.95 bits per heavy atom. The predicted octanol–water partition coefficient (Wildman–Crippen LogP) is 6.50. The number of halogens is 3. The molecule has 2 atom stereocenters. The first kappa shape index (κ1) is 28.9. The van der Waals surface area contributed by atoms with Crippen LogP contribution in [-0.4, -0.2) is 49.4 Å². The average molecular weight is 571 g/mol. The van der Waals surface area contributed by atoms with Crippen LogP contribution in [0.3, 0.4) is 0 Å². The Balaban J connectivity index is 1.31. The second-order valence-corrected chi connectivity index (χ2v) is 12.1. The van der Waals surface area contributed by atoms with E-state index in [1.54, 1.807) is 32.0 Å². The Morgan fingerprint density at radius 1 is 1.17 bits per heavy atom. The Bertz CT molecular complexity index is 1380. The number of pyridine rings is 1. The van der Waals surface area contributed by atoms with Gasteiger partial charge in [0.05, 0.1) is 17.8 Å². The number of aryl methyl sites for hydroxylation is 1. The quantitative estimate of drug-likeness (QED) is 0.349. The van der Waals surface area contributed by atoms with E-state index in [1.807, 2.05) is 35.9 Å². The number of ether oxygens (including phenoxy) is 1. The minimum absolute atomic E-state index is 0.0718.